The van der Waals surface area contributed by atoms with Gasteiger partial charge in [0.1, 0.15) is 11.5 Å². The number of aromatic nitrogens is 1. The molecule has 5 heteroatoms. The van der Waals surface area contributed by atoms with Crippen molar-refractivity contribution in [1.29, 1.82) is 0 Å². The van der Waals surface area contributed by atoms with E-state index in [-0.39, 0.29) is 0 Å². The molecule has 2 N–H and O–H groups in total. The lowest BCUT2D eigenvalue weighted by Gasteiger charge is -2.15. The highest BCUT2D eigenvalue weighted by atomic mass is 16.5. The van der Waals surface area contributed by atoms with Gasteiger partial charge in [0.2, 0.25) is 0 Å². The van der Waals surface area contributed by atoms with Crippen molar-refractivity contribution < 1.29 is 14.3 Å². The smallest absolute Gasteiger partial charge is 0.250 e. The van der Waals surface area contributed by atoms with E-state index >= 15 is 0 Å². The Morgan fingerprint density at radius 2 is 1.96 bits per heavy atom. The predicted molar refractivity (Wildman–Crippen MR) is 91.1 cm³/mol. The second-order valence-electron chi connectivity index (χ2n) is 5.46. The van der Waals surface area contributed by atoms with Crippen LogP contribution in [0.2, 0.25) is 0 Å². The van der Waals surface area contributed by atoms with Crippen LogP contribution < -0.4 is 15.2 Å². The van der Waals surface area contributed by atoms with E-state index in [4.69, 9.17) is 15.2 Å². The molecule has 0 radical (unpaired) electrons. The fraction of sp³-hybridized carbons (Fsp3) is 0.389. The molecule has 1 amide bonds. The van der Waals surface area contributed by atoms with E-state index in [0.717, 1.165) is 42.1 Å². The van der Waals surface area contributed by atoms with Crippen LogP contribution in [-0.2, 0) is 6.54 Å². The summed E-state index contributed by atoms with van der Waals surface area (Å²) in [6.45, 7) is 4.90. The summed E-state index contributed by atoms with van der Waals surface area (Å²) in [6.07, 6.45) is 2.10. The van der Waals surface area contributed by atoms with E-state index in [1.165, 1.54) is 0 Å². The van der Waals surface area contributed by atoms with E-state index in [0.29, 0.717) is 11.3 Å². The SMILES string of the molecule is CCCCn1c(-c2ccc(OC)cc2OC)cc(C(N)=O)c1C. The van der Waals surface area contributed by atoms with E-state index in [1.54, 1.807) is 14.2 Å². The largest absolute Gasteiger partial charge is 0.497 e. The quantitative estimate of drug-likeness (QED) is 0.851. The van der Waals surface area contributed by atoms with Gasteiger partial charge in [-0.15, -0.1) is 0 Å². The van der Waals surface area contributed by atoms with Gasteiger partial charge in [0.15, 0.2) is 0 Å². The summed E-state index contributed by atoms with van der Waals surface area (Å²) in [4.78, 5) is 11.7. The summed E-state index contributed by atoms with van der Waals surface area (Å²) < 4.78 is 12.9. The van der Waals surface area contributed by atoms with Crippen LogP contribution in [0.5, 0.6) is 11.5 Å². The summed E-state index contributed by atoms with van der Waals surface area (Å²) in [5.41, 5.74) is 8.81. The molecule has 0 spiro atoms. The number of rotatable bonds is 7. The predicted octanol–water partition coefficient (Wildman–Crippen LogP) is 3.38. The molecule has 2 rings (SSSR count). The second-order valence-corrected chi connectivity index (χ2v) is 5.46. The van der Waals surface area contributed by atoms with Crippen LogP contribution in [-0.4, -0.2) is 24.7 Å². The zero-order valence-corrected chi connectivity index (χ0v) is 14.2. The van der Waals surface area contributed by atoms with Crippen molar-refractivity contribution in [2.75, 3.05) is 14.2 Å². The molecule has 1 aromatic carbocycles. The number of primary amides is 1. The molecule has 0 fully saturated rings. The molecule has 0 unspecified atom stereocenters. The van der Waals surface area contributed by atoms with Gasteiger partial charge in [0, 0.05) is 23.9 Å². The minimum Gasteiger partial charge on any atom is -0.497 e. The van der Waals surface area contributed by atoms with E-state index in [9.17, 15) is 4.79 Å². The van der Waals surface area contributed by atoms with Crippen molar-refractivity contribution in [2.24, 2.45) is 5.73 Å². The Bertz CT molecular complexity index is 705. The van der Waals surface area contributed by atoms with Crippen LogP contribution in [0.25, 0.3) is 11.3 Å². The van der Waals surface area contributed by atoms with E-state index in [1.807, 2.05) is 31.2 Å². The summed E-state index contributed by atoms with van der Waals surface area (Å²) in [5, 5.41) is 0. The van der Waals surface area contributed by atoms with Gasteiger partial charge in [-0.1, -0.05) is 13.3 Å². The van der Waals surface area contributed by atoms with Crippen molar-refractivity contribution in [1.82, 2.24) is 4.57 Å². The fourth-order valence-electron chi connectivity index (χ4n) is 2.73. The van der Waals surface area contributed by atoms with Gasteiger partial charge < -0.3 is 19.8 Å². The van der Waals surface area contributed by atoms with Gasteiger partial charge in [0.25, 0.3) is 5.91 Å². The van der Waals surface area contributed by atoms with E-state index < -0.39 is 5.91 Å². The van der Waals surface area contributed by atoms with Crippen molar-refractivity contribution in [3.05, 3.63) is 35.5 Å². The summed E-state index contributed by atoms with van der Waals surface area (Å²) >= 11 is 0. The Hall–Kier alpha value is -2.43. The van der Waals surface area contributed by atoms with Crippen LogP contribution in [0, 0.1) is 6.92 Å². The number of hydrogen-bond donors (Lipinski definition) is 1. The average molecular weight is 316 g/mol. The Morgan fingerprint density at radius 3 is 2.52 bits per heavy atom. The average Bonchev–Trinajstić information content (AvgIpc) is 2.88. The summed E-state index contributed by atoms with van der Waals surface area (Å²) in [5.74, 6) is 1.02. The van der Waals surface area contributed by atoms with Crippen molar-refractivity contribution in [3.63, 3.8) is 0 Å². The van der Waals surface area contributed by atoms with Gasteiger partial charge in [-0.3, -0.25) is 4.79 Å². The molecule has 5 nitrogen and oxygen atoms in total. The number of unbranched alkanes of at least 4 members (excludes halogenated alkanes) is 1. The first-order valence-electron chi connectivity index (χ1n) is 7.75. The third-order valence-electron chi connectivity index (χ3n) is 4.05. The lowest BCUT2D eigenvalue weighted by Crippen LogP contribution is -2.12. The molecular weight excluding hydrogens is 292 g/mol. The normalized spacial score (nSPS) is 10.6. The molecule has 124 valence electrons. The first-order valence-corrected chi connectivity index (χ1v) is 7.75. The first kappa shape index (κ1) is 16.9. The second kappa shape index (κ2) is 7.22. The molecular formula is C18H24N2O3. The number of nitrogens with zero attached hydrogens (tertiary/aromatic N) is 1. The van der Waals surface area contributed by atoms with Crippen LogP contribution in [0.3, 0.4) is 0 Å². The Kier molecular flexibility index (Phi) is 5.32. The van der Waals surface area contributed by atoms with E-state index in [2.05, 4.69) is 11.5 Å². The Balaban J connectivity index is 2.61. The number of hydrogen-bond acceptors (Lipinski definition) is 3. The maximum Gasteiger partial charge on any atom is 0.250 e. The molecule has 0 atom stereocenters. The van der Waals surface area contributed by atoms with Crippen molar-refractivity contribution in [3.8, 4) is 22.8 Å². The lowest BCUT2D eigenvalue weighted by molar-refractivity contribution is 0.0999. The standard InChI is InChI=1S/C18H24N2O3/c1-5-6-9-20-12(2)15(18(19)21)11-16(20)14-8-7-13(22-3)10-17(14)23-4/h7-8,10-11H,5-6,9H2,1-4H3,(H2,19,21). The van der Waals surface area contributed by atoms with Crippen LogP contribution >= 0.6 is 0 Å². The van der Waals surface area contributed by atoms with Crippen LogP contribution in [0.4, 0.5) is 0 Å². The zero-order valence-electron chi connectivity index (χ0n) is 14.2. The maximum atomic E-state index is 11.7. The molecule has 0 aliphatic carbocycles. The van der Waals surface area contributed by atoms with Gasteiger partial charge in [0.05, 0.1) is 25.5 Å². The van der Waals surface area contributed by atoms with Crippen LogP contribution in [0.1, 0.15) is 35.8 Å². The zero-order chi connectivity index (χ0) is 17.0. The highest BCUT2D eigenvalue weighted by Crippen LogP contribution is 2.35. The van der Waals surface area contributed by atoms with Gasteiger partial charge in [-0.25, -0.2) is 0 Å². The molecule has 2 aromatic rings. The molecule has 0 bridgehead atoms. The minimum absolute atomic E-state index is 0.411. The number of benzene rings is 1. The minimum atomic E-state index is -0.411. The van der Waals surface area contributed by atoms with Gasteiger partial charge >= 0.3 is 0 Å². The Labute approximate surface area is 137 Å². The third kappa shape index (κ3) is 3.33. The molecule has 0 aliphatic rings. The molecule has 1 heterocycles. The number of carbonyl (C=O) groups is 1. The van der Waals surface area contributed by atoms with Gasteiger partial charge in [-0.2, -0.15) is 0 Å². The fourth-order valence-corrected chi connectivity index (χ4v) is 2.73. The van der Waals surface area contributed by atoms with Gasteiger partial charge in [-0.05, 0) is 31.5 Å². The van der Waals surface area contributed by atoms with Crippen molar-refractivity contribution >= 4 is 5.91 Å². The maximum absolute atomic E-state index is 11.7. The number of methoxy groups -OCH3 is 2. The molecule has 23 heavy (non-hydrogen) atoms. The number of nitrogens with two attached hydrogens (primary N) is 1. The highest BCUT2D eigenvalue weighted by Gasteiger charge is 2.19. The molecule has 0 saturated heterocycles. The lowest BCUT2D eigenvalue weighted by atomic mass is 10.1. The van der Waals surface area contributed by atoms with Crippen molar-refractivity contribution in [2.45, 2.75) is 33.2 Å². The molecule has 0 saturated carbocycles. The third-order valence-corrected chi connectivity index (χ3v) is 4.05. The summed E-state index contributed by atoms with van der Waals surface area (Å²) in [6, 6.07) is 7.51. The summed E-state index contributed by atoms with van der Waals surface area (Å²) in [7, 11) is 3.24. The number of carbonyl (C=O) groups excluding carboxylic acids is 1. The monoisotopic (exact) mass is 316 g/mol. The van der Waals surface area contributed by atoms with Crippen LogP contribution in [0.15, 0.2) is 24.3 Å². The Morgan fingerprint density at radius 1 is 1.22 bits per heavy atom. The first-order chi connectivity index (χ1) is 11.0. The molecule has 1 aromatic heterocycles. The molecule has 0 aliphatic heterocycles. The number of amides is 1. The number of ether oxygens (including phenoxy) is 2. The topological polar surface area (TPSA) is 66.5 Å². The highest BCUT2D eigenvalue weighted by molar-refractivity contribution is 5.96.